The molecule has 204 valence electrons. The molecule has 2 heterocycles. The zero-order valence-corrected chi connectivity index (χ0v) is 23.4. The monoisotopic (exact) mass is 530 g/mol. The summed E-state index contributed by atoms with van der Waals surface area (Å²) in [6, 6.07) is 9.68. The number of aromatic nitrogens is 1. The molecule has 0 radical (unpaired) electrons. The van der Waals surface area contributed by atoms with Crippen LogP contribution in [0, 0.1) is 17.3 Å². The molecule has 9 heteroatoms. The van der Waals surface area contributed by atoms with Gasteiger partial charge in [-0.25, -0.2) is 0 Å². The fourth-order valence-electron chi connectivity index (χ4n) is 4.94. The Morgan fingerprint density at radius 2 is 1.84 bits per heavy atom. The standard InChI is InChI=1S/C28H42N4O4S/c1-5-20(6-2)17-21(7-3)19(4)31-25(33)23-24(37-22-11-9-8-10-12-22)26(32-36-23)35-18-28(27(29)34)13-15-30-16-14-28/h8-12,19-21,30H,5-7,13-18H2,1-4H3,(H2,29,34)(H,31,33). The van der Waals surface area contributed by atoms with Crippen molar-refractivity contribution in [3.63, 3.8) is 0 Å². The zero-order chi connectivity index (χ0) is 26.8. The molecule has 2 aromatic rings. The van der Waals surface area contributed by atoms with Crippen LogP contribution in [0.25, 0.3) is 0 Å². The Kier molecular flexibility index (Phi) is 10.9. The number of hydrogen-bond acceptors (Lipinski definition) is 7. The van der Waals surface area contributed by atoms with Gasteiger partial charge in [0.15, 0.2) is 0 Å². The SMILES string of the molecule is CCC(CC)CC(CC)C(C)NC(=O)c1onc(OCC2(C(N)=O)CCNCC2)c1Sc1ccccc1. The van der Waals surface area contributed by atoms with Crippen molar-refractivity contribution < 1.29 is 18.8 Å². The predicted octanol–water partition coefficient (Wildman–Crippen LogP) is 5.03. The van der Waals surface area contributed by atoms with Crippen molar-refractivity contribution >= 4 is 23.6 Å². The fourth-order valence-corrected chi connectivity index (χ4v) is 5.87. The normalized spacial score (nSPS) is 16.8. The molecule has 1 aromatic carbocycles. The van der Waals surface area contributed by atoms with Crippen LogP contribution in [0.4, 0.5) is 0 Å². The number of carbonyl (C=O) groups excluding carboxylic acids is 2. The number of ether oxygens (including phenoxy) is 1. The van der Waals surface area contributed by atoms with Crippen molar-refractivity contribution in [2.24, 2.45) is 23.0 Å². The first-order chi connectivity index (χ1) is 17.8. The fraction of sp³-hybridized carbons (Fsp3) is 0.607. The van der Waals surface area contributed by atoms with Gasteiger partial charge in [-0.2, -0.15) is 0 Å². The van der Waals surface area contributed by atoms with Crippen molar-refractivity contribution in [2.45, 2.75) is 82.1 Å². The minimum atomic E-state index is -0.779. The minimum absolute atomic E-state index is 0.0185. The van der Waals surface area contributed by atoms with Gasteiger partial charge < -0.3 is 25.6 Å². The van der Waals surface area contributed by atoms with Crippen molar-refractivity contribution in [2.75, 3.05) is 19.7 Å². The molecule has 0 bridgehead atoms. The lowest BCUT2D eigenvalue weighted by atomic mass is 9.79. The van der Waals surface area contributed by atoms with E-state index in [9.17, 15) is 9.59 Å². The number of nitrogens with two attached hydrogens (primary N) is 1. The first-order valence-electron chi connectivity index (χ1n) is 13.5. The smallest absolute Gasteiger partial charge is 0.291 e. The molecular formula is C28H42N4O4S. The maximum Gasteiger partial charge on any atom is 0.291 e. The highest BCUT2D eigenvalue weighted by Crippen LogP contribution is 2.39. The van der Waals surface area contributed by atoms with Crippen molar-refractivity contribution in [1.29, 1.82) is 0 Å². The summed E-state index contributed by atoms with van der Waals surface area (Å²) >= 11 is 1.36. The topological polar surface area (TPSA) is 119 Å². The third-order valence-electron chi connectivity index (χ3n) is 7.74. The average Bonchev–Trinajstić information content (AvgIpc) is 3.31. The van der Waals surface area contributed by atoms with Crippen LogP contribution >= 0.6 is 11.8 Å². The van der Waals surface area contributed by atoms with E-state index in [0.29, 0.717) is 42.7 Å². The molecule has 2 atom stereocenters. The molecule has 8 nitrogen and oxygen atoms in total. The molecule has 2 amide bonds. The number of benzene rings is 1. The van der Waals surface area contributed by atoms with Gasteiger partial charge in [0.25, 0.3) is 11.8 Å². The highest BCUT2D eigenvalue weighted by molar-refractivity contribution is 7.99. The number of carbonyl (C=O) groups is 2. The second kappa shape index (κ2) is 13.9. The quantitative estimate of drug-likeness (QED) is 0.313. The van der Waals surface area contributed by atoms with Gasteiger partial charge in [0.1, 0.15) is 11.5 Å². The van der Waals surface area contributed by atoms with Gasteiger partial charge in [0, 0.05) is 10.9 Å². The molecule has 0 spiro atoms. The molecule has 0 aliphatic carbocycles. The van der Waals surface area contributed by atoms with E-state index in [2.05, 4.69) is 43.5 Å². The average molecular weight is 531 g/mol. The van der Waals surface area contributed by atoms with E-state index in [1.807, 2.05) is 30.3 Å². The van der Waals surface area contributed by atoms with E-state index in [4.69, 9.17) is 15.0 Å². The first kappa shape index (κ1) is 29.0. The summed E-state index contributed by atoms with van der Waals surface area (Å²) in [6.07, 6.45) is 5.50. The summed E-state index contributed by atoms with van der Waals surface area (Å²) in [7, 11) is 0. The maximum atomic E-state index is 13.4. The molecule has 1 aliphatic rings. The zero-order valence-electron chi connectivity index (χ0n) is 22.5. The Morgan fingerprint density at radius 3 is 2.43 bits per heavy atom. The van der Waals surface area contributed by atoms with E-state index < -0.39 is 5.41 Å². The number of nitrogens with one attached hydrogen (secondary N) is 2. The van der Waals surface area contributed by atoms with Gasteiger partial charge in [0.05, 0.1) is 5.41 Å². The van der Waals surface area contributed by atoms with Gasteiger partial charge in [0.2, 0.25) is 11.7 Å². The Morgan fingerprint density at radius 1 is 1.16 bits per heavy atom. The van der Waals surface area contributed by atoms with Crippen LogP contribution in [-0.4, -0.2) is 42.7 Å². The summed E-state index contributed by atoms with van der Waals surface area (Å²) in [5, 5.41) is 10.5. The second-order valence-corrected chi connectivity index (χ2v) is 11.2. The van der Waals surface area contributed by atoms with Gasteiger partial charge >= 0.3 is 0 Å². The number of amides is 2. The molecular weight excluding hydrogens is 488 g/mol. The van der Waals surface area contributed by atoms with Crippen LogP contribution in [0.1, 0.15) is 76.8 Å². The lowest BCUT2D eigenvalue weighted by Crippen LogP contribution is -2.49. The summed E-state index contributed by atoms with van der Waals surface area (Å²) in [6.45, 7) is 10.1. The summed E-state index contributed by atoms with van der Waals surface area (Å²) < 4.78 is 11.6. The summed E-state index contributed by atoms with van der Waals surface area (Å²) in [4.78, 5) is 27.1. The molecule has 1 saturated heterocycles. The molecule has 4 N–H and O–H groups in total. The number of hydrogen-bond donors (Lipinski definition) is 3. The Labute approximate surface area is 224 Å². The van der Waals surface area contributed by atoms with Crippen molar-refractivity contribution in [3.8, 4) is 5.88 Å². The number of piperidine rings is 1. The molecule has 1 aliphatic heterocycles. The van der Waals surface area contributed by atoms with Crippen LogP contribution < -0.4 is 21.1 Å². The van der Waals surface area contributed by atoms with Crippen LogP contribution in [0.3, 0.4) is 0 Å². The Bertz CT molecular complexity index is 1000. The number of nitrogens with zero attached hydrogens (tertiary/aromatic N) is 1. The van der Waals surface area contributed by atoms with Crippen LogP contribution in [0.5, 0.6) is 5.88 Å². The third-order valence-corrected chi connectivity index (χ3v) is 8.81. The van der Waals surface area contributed by atoms with E-state index in [-0.39, 0.29) is 36.1 Å². The van der Waals surface area contributed by atoms with Gasteiger partial charge in [-0.3, -0.25) is 9.59 Å². The molecule has 3 rings (SSSR count). The Balaban J connectivity index is 1.81. The largest absolute Gasteiger partial charge is 0.474 e. The summed E-state index contributed by atoms with van der Waals surface area (Å²) in [5.74, 6) is 0.633. The van der Waals surface area contributed by atoms with Gasteiger partial charge in [-0.15, -0.1) is 0 Å². The minimum Gasteiger partial charge on any atom is -0.474 e. The molecule has 0 saturated carbocycles. The van der Waals surface area contributed by atoms with E-state index >= 15 is 0 Å². The van der Waals surface area contributed by atoms with E-state index in [0.717, 1.165) is 30.6 Å². The molecule has 1 fully saturated rings. The Hall–Kier alpha value is -2.52. The van der Waals surface area contributed by atoms with E-state index in [1.165, 1.54) is 11.8 Å². The number of primary amides is 1. The van der Waals surface area contributed by atoms with Crippen molar-refractivity contribution in [3.05, 3.63) is 36.1 Å². The second-order valence-electron chi connectivity index (χ2n) is 10.1. The third kappa shape index (κ3) is 7.51. The first-order valence-corrected chi connectivity index (χ1v) is 14.3. The maximum absolute atomic E-state index is 13.4. The van der Waals surface area contributed by atoms with Crippen LogP contribution in [0.2, 0.25) is 0 Å². The predicted molar refractivity (Wildman–Crippen MR) is 146 cm³/mol. The van der Waals surface area contributed by atoms with Crippen molar-refractivity contribution in [1.82, 2.24) is 15.8 Å². The highest BCUT2D eigenvalue weighted by atomic mass is 32.2. The lowest BCUT2D eigenvalue weighted by molar-refractivity contribution is -0.131. The van der Waals surface area contributed by atoms with E-state index in [1.54, 1.807) is 0 Å². The molecule has 37 heavy (non-hydrogen) atoms. The van der Waals surface area contributed by atoms with Crippen LogP contribution in [-0.2, 0) is 4.79 Å². The lowest BCUT2D eigenvalue weighted by Gasteiger charge is -2.33. The molecule has 1 aromatic heterocycles. The van der Waals surface area contributed by atoms with Gasteiger partial charge in [-0.1, -0.05) is 70.0 Å². The molecule has 2 unspecified atom stereocenters. The number of rotatable bonds is 14. The highest BCUT2D eigenvalue weighted by Gasteiger charge is 2.40. The van der Waals surface area contributed by atoms with Crippen LogP contribution in [0.15, 0.2) is 44.6 Å². The summed E-state index contributed by atoms with van der Waals surface area (Å²) in [5.41, 5.74) is 4.99. The van der Waals surface area contributed by atoms with Gasteiger partial charge in [-0.05, 0) is 68.4 Å².